The van der Waals surface area contributed by atoms with E-state index in [0.717, 1.165) is 17.5 Å². The van der Waals surface area contributed by atoms with Crippen molar-refractivity contribution in [2.75, 3.05) is 0 Å². The molecule has 1 aromatic rings. The summed E-state index contributed by atoms with van der Waals surface area (Å²) in [5, 5.41) is 2.41. The molecule has 1 saturated carbocycles. The molecule has 1 aromatic carbocycles. The zero-order chi connectivity index (χ0) is 13.5. The van der Waals surface area contributed by atoms with E-state index in [0.29, 0.717) is 0 Å². The Kier molecular flexibility index (Phi) is 5.50. The third kappa shape index (κ3) is 4.12. The van der Waals surface area contributed by atoms with Gasteiger partial charge in [0.15, 0.2) is 0 Å². The van der Waals surface area contributed by atoms with Gasteiger partial charge in [0.2, 0.25) is 0 Å². The van der Waals surface area contributed by atoms with E-state index in [2.05, 4.69) is 41.1 Å². The summed E-state index contributed by atoms with van der Waals surface area (Å²) in [6.45, 7) is 3.81. The molecule has 2 heteroatoms. The van der Waals surface area contributed by atoms with Gasteiger partial charge >= 0.3 is 0 Å². The zero-order valence-electron chi connectivity index (χ0n) is 11.3. The largest absolute Gasteiger partial charge is 0.195 e. The van der Waals surface area contributed by atoms with Gasteiger partial charge in [-0.1, -0.05) is 18.2 Å². The van der Waals surface area contributed by atoms with Crippen molar-refractivity contribution in [1.29, 1.82) is 0 Å². The van der Waals surface area contributed by atoms with Gasteiger partial charge in [0, 0.05) is 0 Å². The van der Waals surface area contributed by atoms with Gasteiger partial charge in [0.25, 0.3) is 0 Å². The Labute approximate surface area is 121 Å². The van der Waals surface area contributed by atoms with Crippen LogP contribution in [0.25, 0.3) is 0 Å². The molecular formula is C17H21NS. The molecule has 0 heterocycles. The van der Waals surface area contributed by atoms with Gasteiger partial charge < -0.3 is 0 Å². The summed E-state index contributed by atoms with van der Waals surface area (Å²) in [6, 6.07) is 8.47. The number of isothiocyanates is 1. The highest BCUT2D eigenvalue weighted by Crippen LogP contribution is 2.37. The minimum Gasteiger partial charge on any atom is -0.195 e. The number of nitrogens with zero attached hydrogens (tertiary/aromatic N) is 1. The summed E-state index contributed by atoms with van der Waals surface area (Å²) in [4.78, 5) is 3.99. The minimum absolute atomic E-state index is 0.727. The fraction of sp³-hybridized carbons (Fsp3) is 0.471. The molecule has 0 amide bonds. The lowest BCUT2D eigenvalue weighted by molar-refractivity contribution is 0.312. The second-order valence-corrected chi connectivity index (χ2v) is 5.56. The van der Waals surface area contributed by atoms with Gasteiger partial charge in [-0.25, -0.2) is 0 Å². The van der Waals surface area contributed by atoms with Crippen molar-refractivity contribution in [3.8, 4) is 0 Å². The first-order chi connectivity index (χ1) is 9.33. The Morgan fingerprint density at radius 2 is 1.89 bits per heavy atom. The first kappa shape index (κ1) is 14.2. The van der Waals surface area contributed by atoms with Crippen LogP contribution in [0.1, 0.15) is 50.0 Å². The van der Waals surface area contributed by atoms with Gasteiger partial charge in [0.1, 0.15) is 0 Å². The molecule has 0 aliphatic heterocycles. The number of hydrogen-bond donors (Lipinski definition) is 0. The minimum atomic E-state index is 0.727. The molecule has 0 spiro atoms. The Morgan fingerprint density at radius 3 is 2.47 bits per heavy atom. The average molecular weight is 271 g/mol. The first-order valence-corrected chi connectivity index (χ1v) is 7.53. The van der Waals surface area contributed by atoms with E-state index in [1.807, 2.05) is 18.2 Å². The smallest absolute Gasteiger partial charge is 0.0739 e. The van der Waals surface area contributed by atoms with Crippen molar-refractivity contribution in [3.63, 3.8) is 0 Å². The van der Waals surface area contributed by atoms with Gasteiger partial charge in [-0.15, -0.1) is 6.58 Å². The predicted molar refractivity (Wildman–Crippen MR) is 85.3 cm³/mol. The highest BCUT2D eigenvalue weighted by atomic mass is 32.1. The molecule has 1 fully saturated rings. The van der Waals surface area contributed by atoms with Crippen LogP contribution >= 0.6 is 12.2 Å². The van der Waals surface area contributed by atoms with Gasteiger partial charge in [-0.2, -0.15) is 4.99 Å². The summed E-state index contributed by atoms with van der Waals surface area (Å²) in [7, 11) is 0. The second-order valence-electron chi connectivity index (χ2n) is 5.38. The van der Waals surface area contributed by atoms with E-state index >= 15 is 0 Å². The van der Waals surface area contributed by atoms with Crippen molar-refractivity contribution in [2.24, 2.45) is 10.9 Å². The standard InChI is InChI=1S/C17H21NS/c1-2-3-4-14-5-7-15(8-6-14)16-9-11-17(12-10-16)18-13-19/h2,9-12,14-15H,1,3-8H2/t14-,15-. The number of allylic oxidation sites excluding steroid dienone is 1. The number of thiocarbonyl (C=S) groups is 1. The van der Waals surface area contributed by atoms with E-state index < -0.39 is 0 Å². The lowest BCUT2D eigenvalue weighted by atomic mass is 9.77. The molecular weight excluding hydrogens is 250 g/mol. The maximum Gasteiger partial charge on any atom is 0.0739 e. The first-order valence-electron chi connectivity index (χ1n) is 7.12. The van der Waals surface area contributed by atoms with Gasteiger partial charge in [0.05, 0.1) is 10.8 Å². The molecule has 0 bridgehead atoms. The van der Waals surface area contributed by atoms with Crippen molar-refractivity contribution < 1.29 is 0 Å². The van der Waals surface area contributed by atoms with E-state index in [9.17, 15) is 0 Å². The predicted octanol–water partition coefficient (Wildman–Crippen LogP) is 5.66. The van der Waals surface area contributed by atoms with Crippen LogP contribution in [0.2, 0.25) is 0 Å². The van der Waals surface area contributed by atoms with E-state index in [1.54, 1.807) is 0 Å². The maximum absolute atomic E-state index is 4.62. The number of aliphatic imine (C=N–C) groups is 1. The van der Waals surface area contributed by atoms with E-state index in [4.69, 9.17) is 0 Å². The Hall–Kier alpha value is -1.24. The molecule has 1 aliphatic carbocycles. The molecule has 0 radical (unpaired) electrons. The van der Waals surface area contributed by atoms with Crippen LogP contribution in [-0.2, 0) is 0 Å². The molecule has 0 saturated heterocycles. The molecule has 0 atom stereocenters. The van der Waals surface area contributed by atoms with Crippen molar-refractivity contribution in [2.45, 2.75) is 44.4 Å². The van der Waals surface area contributed by atoms with Crippen LogP contribution in [0.5, 0.6) is 0 Å². The monoisotopic (exact) mass is 271 g/mol. The molecule has 0 aromatic heterocycles. The van der Waals surface area contributed by atoms with Gasteiger partial charge in [-0.3, -0.25) is 0 Å². The maximum atomic E-state index is 4.62. The Morgan fingerprint density at radius 1 is 1.21 bits per heavy atom. The second kappa shape index (κ2) is 7.37. The zero-order valence-corrected chi connectivity index (χ0v) is 12.2. The van der Waals surface area contributed by atoms with Crippen molar-refractivity contribution >= 4 is 23.1 Å². The summed E-state index contributed by atoms with van der Waals surface area (Å²) in [5.41, 5.74) is 2.35. The third-order valence-electron chi connectivity index (χ3n) is 4.17. The lowest BCUT2D eigenvalue weighted by Crippen LogP contribution is -2.13. The quantitative estimate of drug-likeness (QED) is 0.382. The highest BCUT2D eigenvalue weighted by Gasteiger charge is 2.21. The molecule has 1 nitrogen and oxygen atoms in total. The normalized spacial score (nSPS) is 22.5. The highest BCUT2D eigenvalue weighted by molar-refractivity contribution is 7.78. The SMILES string of the molecule is C=CCC[C@H]1CC[C@H](c2ccc(N=C=S)cc2)CC1. The van der Waals surface area contributed by atoms with Crippen LogP contribution in [0.4, 0.5) is 5.69 Å². The third-order valence-corrected chi connectivity index (χ3v) is 4.26. The number of rotatable bonds is 5. The van der Waals surface area contributed by atoms with E-state index in [-0.39, 0.29) is 0 Å². The molecule has 1 aliphatic rings. The summed E-state index contributed by atoms with van der Waals surface area (Å²) < 4.78 is 0. The Balaban J connectivity index is 1.90. The van der Waals surface area contributed by atoms with Crippen LogP contribution in [0, 0.1) is 5.92 Å². The van der Waals surface area contributed by atoms with Crippen LogP contribution in [0.15, 0.2) is 41.9 Å². The molecule has 2 rings (SSSR count). The van der Waals surface area contributed by atoms with Crippen LogP contribution in [-0.4, -0.2) is 5.16 Å². The molecule has 0 unspecified atom stereocenters. The topological polar surface area (TPSA) is 12.4 Å². The Bertz CT molecular complexity index is 449. The van der Waals surface area contributed by atoms with Crippen molar-refractivity contribution in [3.05, 3.63) is 42.5 Å². The molecule has 100 valence electrons. The summed E-state index contributed by atoms with van der Waals surface area (Å²) in [5.74, 6) is 1.64. The fourth-order valence-electron chi connectivity index (χ4n) is 3.01. The summed E-state index contributed by atoms with van der Waals surface area (Å²) in [6.07, 6.45) is 9.88. The van der Waals surface area contributed by atoms with Crippen LogP contribution in [0.3, 0.4) is 0 Å². The number of hydrogen-bond acceptors (Lipinski definition) is 2. The van der Waals surface area contributed by atoms with Crippen molar-refractivity contribution in [1.82, 2.24) is 0 Å². The van der Waals surface area contributed by atoms with E-state index in [1.165, 1.54) is 44.1 Å². The average Bonchev–Trinajstić information content (AvgIpc) is 2.47. The fourth-order valence-corrected chi connectivity index (χ4v) is 3.12. The molecule has 19 heavy (non-hydrogen) atoms. The van der Waals surface area contributed by atoms with Crippen LogP contribution < -0.4 is 0 Å². The van der Waals surface area contributed by atoms with Gasteiger partial charge in [-0.05, 0) is 80.3 Å². The summed E-state index contributed by atoms with van der Waals surface area (Å²) >= 11 is 4.62. The lowest BCUT2D eigenvalue weighted by Gasteiger charge is -2.28. The molecule has 0 N–H and O–H groups in total. The number of benzene rings is 1.